The van der Waals surface area contributed by atoms with Crippen LogP contribution in [0.1, 0.15) is 19.4 Å². The van der Waals surface area contributed by atoms with Gasteiger partial charge in [0.1, 0.15) is 22.3 Å². The van der Waals surface area contributed by atoms with E-state index in [4.69, 9.17) is 14.2 Å². The number of carbonyl (C=O) groups excluding carboxylic acids is 1. The van der Waals surface area contributed by atoms with Crippen molar-refractivity contribution in [2.45, 2.75) is 20.3 Å². The number of benzene rings is 2. The third-order valence-electron chi connectivity index (χ3n) is 4.63. The Morgan fingerprint density at radius 1 is 1.00 bits per heavy atom. The van der Waals surface area contributed by atoms with Gasteiger partial charge in [-0.05, 0) is 24.1 Å². The SMILES string of the molecule is COc1cc(OC)cc(-c2nnc(N(CC(C)C)C(=O)Cc3ccccc3OC)s2)c1. The van der Waals surface area contributed by atoms with Gasteiger partial charge in [0.05, 0.1) is 27.8 Å². The summed E-state index contributed by atoms with van der Waals surface area (Å²) in [4.78, 5) is 14.9. The van der Waals surface area contributed by atoms with Gasteiger partial charge < -0.3 is 14.2 Å². The van der Waals surface area contributed by atoms with E-state index < -0.39 is 0 Å². The van der Waals surface area contributed by atoms with E-state index in [9.17, 15) is 4.79 Å². The van der Waals surface area contributed by atoms with Gasteiger partial charge in [-0.3, -0.25) is 9.69 Å². The van der Waals surface area contributed by atoms with E-state index >= 15 is 0 Å². The van der Waals surface area contributed by atoms with Crippen molar-refractivity contribution in [3.05, 3.63) is 48.0 Å². The average molecular weight is 442 g/mol. The fourth-order valence-corrected chi connectivity index (χ4v) is 3.99. The highest BCUT2D eigenvalue weighted by Crippen LogP contribution is 2.34. The van der Waals surface area contributed by atoms with Crippen LogP contribution in [0.3, 0.4) is 0 Å². The molecule has 3 rings (SSSR count). The zero-order valence-corrected chi connectivity index (χ0v) is 19.2. The first kappa shape index (κ1) is 22.6. The second kappa shape index (κ2) is 10.3. The second-order valence-electron chi connectivity index (χ2n) is 7.38. The van der Waals surface area contributed by atoms with Gasteiger partial charge in [-0.15, -0.1) is 10.2 Å². The molecule has 0 saturated carbocycles. The number of hydrogen-bond donors (Lipinski definition) is 0. The van der Waals surface area contributed by atoms with E-state index in [-0.39, 0.29) is 18.2 Å². The summed E-state index contributed by atoms with van der Waals surface area (Å²) in [5, 5.41) is 9.90. The minimum absolute atomic E-state index is 0.0517. The molecular weight excluding hydrogens is 414 g/mol. The topological polar surface area (TPSA) is 73.8 Å². The highest BCUT2D eigenvalue weighted by molar-refractivity contribution is 7.18. The number of carbonyl (C=O) groups is 1. The average Bonchev–Trinajstić information content (AvgIpc) is 3.27. The minimum Gasteiger partial charge on any atom is -0.497 e. The zero-order valence-electron chi connectivity index (χ0n) is 18.4. The Morgan fingerprint density at radius 3 is 2.29 bits per heavy atom. The molecular formula is C23H27N3O4S. The first-order chi connectivity index (χ1) is 14.9. The molecule has 1 heterocycles. The summed E-state index contributed by atoms with van der Waals surface area (Å²) in [6.07, 6.45) is 0.221. The molecule has 0 N–H and O–H groups in total. The van der Waals surface area contributed by atoms with Gasteiger partial charge in [0.2, 0.25) is 11.0 Å². The molecule has 0 atom stereocenters. The number of amides is 1. The summed E-state index contributed by atoms with van der Waals surface area (Å²) >= 11 is 1.36. The molecule has 164 valence electrons. The molecule has 0 bridgehead atoms. The van der Waals surface area contributed by atoms with Crippen LogP contribution in [-0.2, 0) is 11.2 Å². The summed E-state index contributed by atoms with van der Waals surface area (Å²) in [5.74, 6) is 2.24. The number of methoxy groups -OCH3 is 3. The predicted molar refractivity (Wildman–Crippen MR) is 122 cm³/mol. The number of aromatic nitrogens is 2. The fourth-order valence-electron chi connectivity index (χ4n) is 3.13. The molecule has 0 saturated heterocycles. The van der Waals surface area contributed by atoms with Crippen LogP contribution >= 0.6 is 11.3 Å². The molecule has 7 nitrogen and oxygen atoms in total. The van der Waals surface area contributed by atoms with Crippen LogP contribution < -0.4 is 19.1 Å². The summed E-state index contributed by atoms with van der Waals surface area (Å²) < 4.78 is 16.1. The van der Waals surface area contributed by atoms with Gasteiger partial charge in [0, 0.05) is 23.7 Å². The van der Waals surface area contributed by atoms with Crippen molar-refractivity contribution >= 4 is 22.4 Å². The highest BCUT2D eigenvalue weighted by Gasteiger charge is 2.23. The monoisotopic (exact) mass is 441 g/mol. The maximum absolute atomic E-state index is 13.2. The minimum atomic E-state index is -0.0517. The van der Waals surface area contributed by atoms with Crippen LogP contribution in [0, 0.1) is 5.92 Å². The molecule has 0 aliphatic heterocycles. The number of nitrogens with zero attached hydrogens (tertiary/aromatic N) is 3. The van der Waals surface area contributed by atoms with E-state index in [1.165, 1.54) is 11.3 Å². The smallest absolute Gasteiger partial charge is 0.233 e. The largest absolute Gasteiger partial charge is 0.497 e. The van der Waals surface area contributed by atoms with Crippen molar-refractivity contribution in [1.82, 2.24) is 10.2 Å². The Kier molecular flexibility index (Phi) is 7.46. The normalized spacial score (nSPS) is 10.8. The van der Waals surface area contributed by atoms with Crippen LogP contribution in [0.5, 0.6) is 17.2 Å². The van der Waals surface area contributed by atoms with Crippen molar-refractivity contribution in [2.24, 2.45) is 5.92 Å². The van der Waals surface area contributed by atoms with Gasteiger partial charge in [-0.2, -0.15) is 0 Å². The van der Waals surface area contributed by atoms with Crippen molar-refractivity contribution < 1.29 is 19.0 Å². The van der Waals surface area contributed by atoms with Crippen LogP contribution in [-0.4, -0.2) is 44.0 Å². The summed E-state index contributed by atoms with van der Waals surface area (Å²) in [7, 11) is 4.81. The summed E-state index contributed by atoms with van der Waals surface area (Å²) in [6, 6.07) is 13.1. The lowest BCUT2D eigenvalue weighted by atomic mass is 10.1. The predicted octanol–water partition coefficient (Wildman–Crippen LogP) is 4.46. The van der Waals surface area contributed by atoms with Crippen LogP contribution in [0.4, 0.5) is 5.13 Å². The van der Waals surface area contributed by atoms with Crippen LogP contribution in [0.2, 0.25) is 0 Å². The quantitative estimate of drug-likeness (QED) is 0.488. The van der Waals surface area contributed by atoms with Crippen molar-refractivity contribution in [1.29, 1.82) is 0 Å². The number of ether oxygens (including phenoxy) is 3. The third-order valence-corrected chi connectivity index (χ3v) is 5.62. The lowest BCUT2D eigenvalue weighted by molar-refractivity contribution is -0.118. The zero-order chi connectivity index (χ0) is 22.4. The Bertz CT molecular complexity index is 1010. The fraction of sp³-hybridized carbons (Fsp3) is 0.348. The molecule has 0 fully saturated rings. The number of anilines is 1. The van der Waals surface area contributed by atoms with Gasteiger partial charge in [-0.1, -0.05) is 43.4 Å². The molecule has 0 aliphatic carbocycles. The molecule has 8 heteroatoms. The summed E-state index contributed by atoms with van der Waals surface area (Å²) in [5.41, 5.74) is 1.66. The van der Waals surface area contributed by atoms with E-state index in [1.807, 2.05) is 36.4 Å². The first-order valence-electron chi connectivity index (χ1n) is 9.94. The molecule has 1 amide bonds. The van der Waals surface area contributed by atoms with Gasteiger partial charge in [0.15, 0.2) is 0 Å². The second-order valence-corrected chi connectivity index (χ2v) is 8.33. The van der Waals surface area contributed by atoms with Gasteiger partial charge in [-0.25, -0.2) is 0 Å². The molecule has 3 aromatic rings. The summed E-state index contributed by atoms with van der Waals surface area (Å²) in [6.45, 7) is 4.68. The van der Waals surface area contributed by atoms with Crippen LogP contribution in [0.15, 0.2) is 42.5 Å². The van der Waals surface area contributed by atoms with E-state index in [0.717, 1.165) is 11.1 Å². The Hall–Kier alpha value is -3.13. The van der Waals surface area contributed by atoms with Crippen LogP contribution in [0.25, 0.3) is 10.6 Å². The molecule has 31 heavy (non-hydrogen) atoms. The molecule has 0 unspecified atom stereocenters. The van der Waals surface area contributed by atoms with Gasteiger partial charge >= 0.3 is 0 Å². The Labute approximate surface area is 186 Å². The van der Waals surface area contributed by atoms with Crippen molar-refractivity contribution in [3.63, 3.8) is 0 Å². The maximum Gasteiger partial charge on any atom is 0.233 e. The van der Waals surface area contributed by atoms with E-state index in [0.29, 0.717) is 33.9 Å². The molecule has 0 aliphatic rings. The highest BCUT2D eigenvalue weighted by atomic mass is 32.1. The van der Waals surface area contributed by atoms with E-state index in [1.54, 1.807) is 32.3 Å². The molecule has 2 aromatic carbocycles. The first-order valence-corrected chi connectivity index (χ1v) is 10.8. The van der Waals surface area contributed by atoms with Gasteiger partial charge in [0.25, 0.3) is 0 Å². The van der Waals surface area contributed by atoms with Crippen molar-refractivity contribution in [2.75, 3.05) is 32.8 Å². The molecule has 1 aromatic heterocycles. The standard InChI is InChI=1S/C23H27N3O4S/c1-15(2)14-26(21(27)12-16-8-6-7-9-20(16)30-5)23-25-24-22(31-23)17-10-18(28-3)13-19(11-17)29-4/h6-11,13,15H,12,14H2,1-5H3. The Morgan fingerprint density at radius 2 is 1.68 bits per heavy atom. The lowest BCUT2D eigenvalue weighted by Crippen LogP contribution is -2.35. The molecule has 0 spiro atoms. The third kappa shape index (κ3) is 5.52. The number of rotatable bonds is 9. The van der Waals surface area contributed by atoms with E-state index in [2.05, 4.69) is 24.0 Å². The Balaban J connectivity index is 1.90. The lowest BCUT2D eigenvalue weighted by Gasteiger charge is -2.22. The number of hydrogen-bond acceptors (Lipinski definition) is 7. The maximum atomic E-state index is 13.2. The molecule has 0 radical (unpaired) electrons. The van der Waals surface area contributed by atoms with Crippen molar-refractivity contribution in [3.8, 4) is 27.8 Å². The number of para-hydroxylation sites is 1.